The molecule has 7 unspecified atom stereocenters. The van der Waals surface area contributed by atoms with Crippen molar-refractivity contribution in [2.45, 2.75) is 81.7 Å². The van der Waals surface area contributed by atoms with Crippen molar-refractivity contribution in [3.63, 3.8) is 0 Å². The first-order valence-corrected chi connectivity index (χ1v) is 21.3. The van der Waals surface area contributed by atoms with Crippen molar-refractivity contribution in [3.8, 4) is 0 Å². The fourth-order valence-corrected chi connectivity index (χ4v) is 24.0. The number of allylic oxidation sites excluding steroid dienone is 6. The SMILES string of the molecule is Cl.Cl.[CH2]=[Zr]([C]1=CC=CC1)([c]1cccc(Cl)c1)[C]1(C)C2=C3Cc4ccccc4C3C3CCCCC3C2CC(C)C1(C)C. The summed E-state index contributed by atoms with van der Waals surface area (Å²) < 4.78 is 8.76. The fourth-order valence-electron chi connectivity index (χ4n) is 10.4. The zero-order chi connectivity index (χ0) is 27.2. The van der Waals surface area contributed by atoms with Gasteiger partial charge in [-0.1, -0.05) is 0 Å². The number of fused-ring (bicyclic) bond motifs is 7. The molecule has 0 saturated heterocycles. The quantitative estimate of drug-likeness (QED) is 0.282. The summed E-state index contributed by atoms with van der Waals surface area (Å²) in [7, 11) is 0. The molecule has 7 atom stereocenters. The first kappa shape index (κ1) is 31.7. The van der Waals surface area contributed by atoms with Crippen LogP contribution in [0, 0.1) is 29.1 Å². The van der Waals surface area contributed by atoms with Crippen LogP contribution in [0.25, 0.3) is 0 Å². The zero-order valence-electron chi connectivity index (χ0n) is 25.1. The van der Waals surface area contributed by atoms with Gasteiger partial charge in [0.25, 0.3) is 0 Å². The molecule has 0 spiro atoms. The standard InChI is InChI=1S/C25H33.C6H4Cl.C5H5.CH2.2ClH.Zr/c1-15-13-21-19-11-7-8-12-20(19)24-18-10-6-5-9-17(18)14-22(24)23(21)16(2)25(15,3)4;7-6-4-2-1-3-5-6;1-2-4-5-3-1;;;;/h5-6,9-10,15,19-21,24H,7-8,11-14H2,1-4H3;1-2,4-5H;1-3H,4H2;1H2;2*1H;. The third-order valence-electron chi connectivity index (χ3n) is 12.8. The molecule has 219 valence electrons. The van der Waals surface area contributed by atoms with Crippen LogP contribution < -0.4 is 3.27 Å². The van der Waals surface area contributed by atoms with Gasteiger partial charge in [-0.3, -0.25) is 0 Å². The van der Waals surface area contributed by atoms with Crippen LogP contribution >= 0.6 is 36.4 Å². The third-order valence-corrected chi connectivity index (χ3v) is 26.3. The molecule has 5 aliphatic carbocycles. The van der Waals surface area contributed by atoms with Crippen LogP contribution in [0.15, 0.2) is 81.2 Å². The van der Waals surface area contributed by atoms with E-state index >= 15 is 0 Å². The molecule has 4 heteroatoms. The van der Waals surface area contributed by atoms with Gasteiger partial charge in [0.15, 0.2) is 0 Å². The summed E-state index contributed by atoms with van der Waals surface area (Å²) in [6.07, 6.45) is 16.4. The molecule has 7 rings (SSSR count). The van der Waals surface area contributed by atoms with Crippen LogP contribution in [-0.2, 0) is 26.2 Å². The Hall–Kier alpha value is -0.717. The van der Waals surface area contributed by atoms with E-state index in [1.54, 1.807) is 14.4 Å². The molecular weight excluding hydrogens is 642 g/mol. The molecule has 0 radical (unpaired) electrons. The van der Waals surface area contributed by atoms with Crippen LogP contribution in [0.5, 0.6) is 0 Å². The predicted octanol–water partition coefficient (Wildman–Crippen LogP) is 10.6. The topological polar surface area (TPSA) is 0 Å². The van der Waals surface area contributed by atoms with Crippen molar-refractivity contribution in [3.05, 3.63) is 97.3 Å². The van der Waals surface area contributed by atoms with Gasteiger partial charge in [0.05, 0.1) is 0 Å². The summed E-state index contributed by atoms with van der Waals surface area (Å²) in [6.45, 7) is 10.6. The average molecular weight is 688 g/mol. The van der Waals surface area contributed by atoms with E-state index in [2.05, 4.69) is 94.5 Å². The molecule has 0 bridgehead atoms. The Morgan fingerprint density at radius 1 is 0.951 bits per heavy atom. The third kappa shape index (κ3) is 4.33. The molecule has 0 nitrogen and oxygen atoms in total. The number of benzene rings is 2. The predicted molar refractivity (Wildman–Crippen MR) is 179 cm³/mol. The summed E-state index contributed by atoms with van der Waals surface area (Å²) in [5.74, 6) is 3.61. The fraction of sp³-hybridized carbons (Fsp3) is 0.486. The molecule has 0 N–H and O–H groups in total. The van der Waals surface area contributed by atoms with Crippen LogP contribution in [0.1, 0.15) is 83.3 Å². The Morgan fingerprint density at radius 2 is 1.68 bits per heavy atom. The van der Waals surface area contributed by atoms with E-state index in [1.807, 2.05) is 11.1 Å². The van der Waals surface area contributed by atoms with Gasteiger partial charge in [0, 0.05) is 0 Å². The number of halogens is 3. The molecule has 2 fully saturated rings. The van der Waals surface area contributed by atoms with E-state index in [0.29, 0.717) is 17.8 Å². The van der Waals surface area contributed by atoms with Crippen LogP contribution in [-0.4, -0.2) is 4.21 Å². The Morgan fingerprint density at radius 3 is 2.39 bits per heavy atom. The van der Waals surface area contributed by atoms with E-state index in [0.717, 1.165) is 29.7 Å². The molecule has 0 amide bonds. The van der Waals surface area contributed by atoms with Crippen LogP contribution in [0.3, 0.4) is 0 Å². The number of hydrogen-bond acceptors (Lipinski definition) is 0. The molecule has 5 aliphatic rings. The normalized spacial score (nSPS) is 34.2. The minimum absolute atomic E-state index is 0. The second-order valence-electron chi connectivity index (χ2n) is 14.2. The number of hydrogen-bond donors (Lipinski definition) is 0. The van der Waals surface area contributed by atoms with Gasteiger partial charge in [-0.2, -0.15) is 0 Å². The monoisotopic (exact) mass is 685 g/mol. The van der Waals surface area contributed by atoms with Gasteiger partial charge in [-0.25, -0.2) is 0 Å². The van der Waals surface area contributed by atoms with Crippen molar-refractivity contribution in [2.75, 3.05) is 0 Å². The van der Waals surface area contributed by atoms with Crippen molar-refractivity contribution >= 4 is 43.9 Å². The molecule has 41 heavy (non-hydrogen) atoms. The summed E-state index contributed by atoms with van der Waals surface area (Å²) in [5, 5.41) is 0.866. The van der Waals surface area contributed by atoms with Gasteiger partial charge in [0.1, 0.15) is 0 Å². The average Bonchev–Trinajstić information content (AvgIpc) is 3.60. The van der Waals surface area contributed by atoms with Crippen molar-refractivity contribution in [2.24, 2.45) is 29.1 Å². The first-order valence-electron chi connectivity index (χ1n) is 15.5. The second kappa shape index (κ2) is 11.3. The van der Waals surface area contributed by atoms with Gasteiger partial charge in [0.2, 0.25) is 0 Å². The summed E-state index contributed by atoms with van der Waals surface area (Å²) in [4.78, 5) is 0. The second-order valence-corrected chi connectivity index (χ2v) is 24.6. The Labute approximate surface area is 269 Å². The summed E-state index contributed by atoms with van der Waals surface area (Å²) >= 11 is 3.13. The summed E-state index contributed by atoms with van der Waals surface area (Å²) in [5.41, 5.74) is 7.11. The van der Waals surface area contributed by atoms with Gasteiger partial charge in [-0.15, -0.1) is 24.8 Å². The molecule has 0 aromatic heterocycles. The number of rotatable bonds is 3. The Kier molecular flexibility index (Phi) is 8.76. The minimum atomic E-state index is -3.64. The van der Waals surface area contributed by atoms with E-state index in [-0.39, 0.29) is 33.4 Å². The molecular formula is C37H46Cl3Zr. The van der Waals surface area contributed by atoms with Crippen molar-refractivity contribution in [1.29, 1.82) is 0 Å². The van der Waals surface area contributed by atoms with Crippen LogP contribution in [0.4, 0.5) is 0 Å². The van der Waals surface area contributed by atoms with Crippen LogP contribution in [0.2, 0.25) is 8.15 Å². The maximum absolute atomic E-state index is 6.78. The molecule has 0 heterocycles. The zero-order valence-corrected chi connectivity index (χ0v) is 29.9. The Bertz CT molecular complexity index is 1480. The molecule has 0 aliphatic heterocycles. The van der Waals surface area contributed by atoms with E-state index in [1.165, 1.54) is 35.4 Å². The van der Waals surface area contributed by atoms with Crippen molar-refractivity contribution < 1.29 is 19.8 Å². The molecule has 2 aromatic rings. The van der Waals surface area contributed by atoms with E-state index in [9.17, 15) is 0 Å². The maximum atomic E-state index is 6.78. The van der Waals surface area contributed by atoms with Gasteiger partial charge < -0.3 is 0 Å². The Balaban J connectivity index is 0.00000169. The summed E-state index contributed by atoms with van der Waals surface area (Å²) in [6, 6.07) is 18.5. The van der Waals surface area contributed by atoms with E-state index in [4.69, 9.17) is 15.8 Å². The van der Waals surface area contributed by atoms with Gasteiger partial charge in [-0.05, 0) is 0 Å². The van der Waals surface area contributed by atoms with Gasteiger partial charge >= 0.3 is 247 Å². The van der Waals surface area contributed by atoms with E-state index < -0.39 is 19.8 Å². The van der Waals surface area contributed by atoms with Crippen molar-refractivity contribution in [1.82, 2.24) is 0 Å². The first-order chi connectivity index (χ1) is 18.7. The molecule has 2 saturated carbocycles. The molecule has 2 aromatic carbocycles.